The summed E-state index contributed by atoms with van der Waals surface area (Å²) in [6.45, 7) is 0. The van der Waals surface area contributed by atoms with Crippen molar-refractivity contribution in [3.63, 3.8) is 0 Å². The standard InChI is InChI=1S/C17H13NS/c1-2-7-13(8-3-1)17-18-16-14-9-5-4-6-12(14)10-11-15(16)19-17/h1-9H,10-11H2. The lowest BCUT2D eigenvalue weighted by molar-refractivity contribution is 0.955. The Morgan fingerprint density at radius 3 is 2.53 bits per heavy atom. The van der Waals surface area contributed by atoms with Crippen molar-refractivity contribution in [1.82, 2.24) is 4.98 Å². The lowest BCUT2D eigenvalue weighted by atomic mass is 9.94. The Bertz CT molecular complexity index is 728. The van der Waals surface area contributed by atoms with Crippen molar-refractivity contribution in [2.75, 3.05) is 0 Å². The summed E-state index contributed by atoms with van der Waals surface area (Å²) in [5, 5.41) is 1.14. The summed E-state index contributed by atoms with van der Waals surface area (Å²) in [4.78, 5) is 6.31. The maximum absolute atomic E-state index is 4.88. The molecule has 0 aliphatic heterocycles. The van der Waals surface area contributed by atoms with E-state index in [1.165, 1.54) is 27.3 Å². The van der Waals surface area contributed by atoms with Crippen molar-refractivity contribution in [1.29, 1.82) is 0 Å². The fourth-order valence-corrected chi connectivity index (χ4v) is 3.73. The fourth-order valence-electron chi connectivity index (χ4n) is 2.65. The zero-order valence-electron chi connectivity index (χ0n) is 10.5. The minimum Gasteiger partial charge on any atom is -0.236 e. The second-order valence-corrected chi connectivity index (χ2v) is 5.90. The van der Waals surface area contributed by atoms with Crippen LogP contribution >= 0.6 is 11.3 Å². The first-order valence-corrected chi connectivity index (χ1v) is 7.37. The van der Waals surface area contributed by atoms with E-state index >= 15 is 0 Å². The van der Waals surface area contributed by atoms with E-state index in [-0.39, 0.29) is 0 Å². The summed E-state index contributed by atoms with van der Waals surface area (Å²) in [5.41, 5.74) is 5.17. The van der Waals surface area contributed by atoms with Crippen LogP contribution in [-0.4, -0.2) is 4.98 Å². The van der Waals surface area contributed by atoms with E-state index in [9.17, 15) is 0 Å². The van der Waals surface area contributed by atoms with Crippen molar-refractivity contribution >= 4 is 11.3 Å². The highest BCUT2D eigenvalue weighted by atomic mass is 32.1. The van der Waals surface area contributed by atoms with E-state index < -0.39 is 0 Å². The largest absolute Gasteiger partial charge is 0.236 e. The second kappa shape index (κ2) is 4.32. The van der Waals surface area contributed by atoms with Crippen LogP contribution in [0.5, 0.6) is 0 Å². The highest BCUT2D eigenvalue weighted by Gasteiger charge is 2.20. The van der Waals surface area contributed by atoms with Gasteiger partial charge in [0, 0.05) is 16.0 Å². The molecule has 2 heteroatoms. The van der Waals surface area contributed by atoms with Crippen LogP contribution in [0.4, 0.5) is 0 Å². The van der Waals surface area contributed by atoms with Gasteiger partial charge in [-0.1, -0.05) is 54.6 Å². The fraction of sp³-hybridized carbons (Fsp3) is 0.118. The molecule has 0 N–H and O–H groups in total. The first-order chi connectivity index (χ1) is 9.42. The van der Waals surface area contributed by atoms with Gasteiger partial charge >= 0.3 is 0 Å². The van der Waals surface area contributed by atoms with Gasteiger partial charge in [-0.25, -0.2) is 4.98 Å². The van der Waals surface area contributed by atoms with Crippen LogP contribution < -0.4 is 0 Å². The molecule has 0 radical (unpaired) electrons. The predicted molar refractivity (Wildman–Crippen MR) is 80.4 cm³/mol. The molecule has 0 unspecified atom stereocenters. The van der Waals surface area contributed by atoms with Crippen LogP contribution in [0.15, 0.2) is 54.6 Å². The SMILES string of the molecule is c1ccc(-c2nc3c(s2)CCc2ccccc2-3)cc1. The molecule has 1 aliphatic rings. The van der Waals surface area contributed by atoms with E-state index in [2.05, 4.69) is 48.5 Å². The highest BCUT2D eigenvalue weighted by molar-refractivity contribution is 7.15. The minimum absolute atomic E-state index is 1.12. The van der Waals surface area contributed by atoms with Crippen molar-refractivity contribution < 1.29 is 0 Å². The Morgan fingerprint density at radius 1 is 0.842 bits per heavy atom. The molecule has 2 aromatic carbocycles. The van der Waals surface area contributed by atoms with Crippen molar-refractivity contribution in [2.24, 2.45) is 0 Å². The number of aryl methyl sites for hydroxylation is 2. The van der Waals surface area contributed by atoms with Crippen LogP contribution in [0.25, 0.3) is 21.8 Å². The number of aromatic nitrogens is 1. The molecule has 1 nitrogen and oxygen atoms in total. The van der Waals surface area contributed by atoms with Gasteiger partial charge in [0.1, 0.15) is 5.01 Å². The predicted octanol–water partition coefficient (Wildman–Crippen LogP) is 4.58. The third-order valence-corrected chi connectivity index (χ3v) is 4.78. The van der Waals surface area contributed by atoms with Crippen LogP contribution in [0, 0.1) is 0 Å². The number of rotatable bonds is 1. The first kappa shape index (κ1) is 10.9. The molecule has 1 heterocycles. The van der Waals surface area contributed by atoms with Crippen LogP contribution in [-0.2, 0) is 12.8 Å². The van der Waals surface area contributed by atoms with Gasteiger partial charge in [-0.2, -0.15) is 0 Å². The number of thiazole rings is 1. The first-order valence-electron chi connectivity index (χ1n) is 6.55. The van der Waals surface area contributed by atoms with Gasteiger partial charge in [-0.15, -0.1) is 11.3 Å². The molecule has 19 heavy (non-hydrogen) atoms. The lowest BCUT2D eigenvalue weighted by Gasteiger charge is -2.13. The zero-order valence-corrected chi connectivity index (χ0v) is 11.3. The third-order valence-electron chi connectivity index (χ3n) is 3.61. The number of hydrogen-bond donors (Lipinski definition) is 0. The summed E-state index contributed by atoms with van der Waals surface area (Å²) in [7, 11) is 0. The Balaban J connectivity index is 1.88. The van der Waals surface area contributed by atoms with Crippen LogP contribution in [0.3, 0.4) is 0 Å². The van der Waals surface area contributed by atoms with Crippen LogP contribution in [0.2, 0.25) is 0 Å². The van der Waals surface area contributed by atoms with E-state index in [4.69, 9.17) is 4.98 Å². The number of fused-ring (bicyclic) bond motifs is 3. The lowest BCUT2D eigenvalue weighted by Crippen LogP contribution is -2.01. The maximum Gasteiger partial charge on any atom is 0.124 e. The molecule has 1 aromatic heterocycles. The van der Waals surface area contributed by atoms with Crippen molar-refractivity contribution in [2.45, 2.75) is 12.8 Å². The summed E-state index contributed by atoms with van der Waals surface area (Å²) in [6.07, 6.45) is 2.26. The van der Waals surface area contributed by atoms with Gasteiger partial charge < -0.3 is 0 Å². The number of hydrogen-bond acceptors (Lipinski definition) is 2. The van der Waals surface area contributed by atoms with E-state index in [1.54, 1.807) is 0 Å². The summed E-state index contributed by atoms with van der Waals surface area (Å²) >= 11 is 1.84. The summed E-state index contributed by atoms with van der Waals surface area (Å²) < 4.78 is 0. The highest BCUT2D eigenvalue weighted by Crippen LogP contribution is 2.39. The molecular formula is C17H13NS. The van der Waals surface area contributed by atoms with Gasteiger partial charge in [0.2, 0.25) is 0 Å². The topological polar surface area (TPSA) is 12.9 Å². The Kier molecular flexibility index (Phi) is 2.49. The zero-order chi connectivity index (χ0) is 12.7. The number of benzene rings is 2. The van der Waals surface area contributed by atoms with Crippen LogP contribution in [0.1, 0.15) is 10.4 Å². The van der Waals surface area contributed by atoms with Gasteiger partial charge in [0.15, 0.2) is 0 Å². The molecule has 1 aliphatic carbocycles. The summed E-state index contributed by atoms with van der Waals surface area (Å²) in [5.74, 6) is 0. The van der Waals surface area contributed by atoms with Gasteiger partial charge in [0.25, 0.3) is 0 Å². The van der Waals surface area contributed by atoms with Crippen molar-refractivity contribution in [3.05, 3.63) is 65.0 Å². The van der Waals surface area contributed by atoms with E-state index in [0.29, 0.717) is 0 Å². The van der Waals surface area contributed by atoms with E-state index in [0.717, 1.165) is 17.8 Å². The Labute approximate surface area is 116 Å². The average Bonchev–Trinajstić information content (AvgIpc) is 2.93. The Hall–Kier alpha value is -1.93. The molecule has 0 saturated heterocycles. The third kappa shape index (κ3) is 1.80. The van der Waals surface area contributed by atoms with Crippen molar-refractivity contribution in [3.8, 4) is 21.8 Å². The Morgan fingerprint density at radius 2 is 1.63 bits per heavy atom. The molecule has 0 amide bonds. The summed E-state index contributed by atoms with van der Waals surface area (Å²) in [6, 6.07) is 19.1. The molecule has 0 spiro atoms. The minimum atomic E-state index is 1.12. The molecule has 3 aromatic rings. The van der Waals surface area contributed by atoms with E-state index in [1.807, 2.05) is 17.4 Å². The molecule has 0 atom stereocenters. The normalized spacial score (nSPS) is 12.8. The molecular weight excluding hydrogens is 250 g/mol. The van der Waals surface area contributed by atoms with Gasteiger partial charge in [-0.05, 0) is 18.4 Å². The quantitative estimate of drug-likeness (QED) is 0.626. The molecule has 0 fully saturated rings. The number of nitrogens with zero attached hydrogens (tertiary/aromatic N) is 1. The van der Waals surface area contributed by atoms with Gasteiger partial charge in [0.05, 0.1) is 5.69 Å². The molecule has 0 saturated carbocycles. The smallest absolute Gasteiger partial charge is 0.124 e. The molecule has 92 valence electrons. The monoisotopic (exact) mass is 263 g/mol. The second-order valence-electron chi connectivity index (χ2n) is 4.81. The molecule has 0 bridgehead atoms. The van der Waals surface area contributed by atoms with Gasteiger partial charge in [-0.3, -0.25) is 0 Å². The maximum atomic E-state index is 4.88. The average molecular weight is 263 g/mol. The molecule has 4 rings (SSSR count).